The highest BCUT2D eigenvalue weighted by Crippen LogP contribution is 2.45. The van der Waals surface area contributed by atoms with Crippen LogP contribution in [0.25, 0.3) is 0 Å². The summed E-state index contributed by atoms with van der Waals surface area (Å²) in [5.41, 5.74) is 0.174. The van der Waals surface area contributed by atoms with E-state index in [0.717, 1.165) is 11.3 Å². The van der Waals surface area contributed by atoms with Crippen LogP contribution in [0, 0.1) is 5.41 Å². The Labute approximate surface area is 114 Å². The smallest absolute Gasteiger partial charge is 0.154 e. The summed E-state index contributed by atoms with van der Waals surface area (Å²) >= 11 is 0. The first-order valence-electron chi connectivity index (χ1n) is 6.80. The number of hydrogen-bond acceptors (Lipinski definition) is 3. The monoisotopic (exact) mass is 260 g/mol. The number of carbonyl (C=O) groups is 2. The Morgan fingerprint density at radius 2 is 1.74 bits per heavy atom. The first kappa shape index (κ1) is 13.8. The molecular weight excluding hydrogens is 240 g/mol. The van der Waals surface area contributed by atoms with Crippen molar-refractivity contribution in [2.45, 2.75) is 39.0 Å². The number of ketones is 2. The van der Waals surface area contributed by atoms with Gasteiger partial charge in [0, 0.05) is 6.42 Å². The minimum absolute atomic E-state index is 0.0904. The van der Waals surface area contributed by atoms with Crippen molar-refractivity contribution in [3.8, 4) is 5.75 Å². The lowest BCUT2D eigenvalue weighted by Gasteiger charge is -2.22. The minimum atomic E-state index is -0.745. The van der Waals surface area contributed by atoms with E-state index in [1.165, 1.54) is 0 Å². The maximum absolute atomic E-state index is 12.6. The van der Waals surface area contributed by atoms with Gasteiger partial charge >= 0.3 is 0 Å². The summed E-state index contributed by atoms with van der Waals surface area (Å²) in [7, 11) is 1.61. The highest BCUT2D eigenvalue weighted by Gasteiger charge is 2.52. The minimum Gasteiger partial charge on any atom is -0.497 e. The Bertz CT molecular complexity index is 483. The average Bonchev–Trinajstić information content (AvgIpc) is 2.71. The summed E-state index contributed by atoms with van der Waals surface area (Å²) in [6.07, 6.45) is 1.55. The van der Waals surface area contributed by atoms with Crippen LogP contribution < -0.4 is 4.74 Å². The van der Waals surface area contributed by atoms with Crippen molar-refractivity contribution in [1.82, 2.24) is 0 Å². The van der Waals surface area contributed by atoms with Crippen molar-refractivity contribution in [2.24, 2.45) is 5.41 Å². The third-order valence-electron chi connectivity index (χ3n) is 4.44. The van der Waals surface area contributed by atoms with Gasteiger partial charge in [0.15, 0.2) is 5.78 Å². The van der Waals surface area contributed by atoms with Crippen molar-refractivity contribution in [2.75, 3.05) is 7.11 Å². The maximum atomic E-state index is 12.6. The normalized spacial score (nSPS) is 21.7. The third kappa shape index (κ3) is 2.07. The molecule has 0 unspecified atom stereocenters. The van der Waals surface area contributed by atoms with Crippen LogP contribution in [0.4, 0.5) is 0 Å². The van der Waals surface area contributed by atoms with Gasteiger partial charge in [-0.2, -0.15) is 0 Å². The Morgan fingerprint density at radius 3 is 2.16 bits per heavy atom. The molecule has 1 aliphatic carbocycles. The van der Waals surface area contributed by atoms with E-state index in [9.17, 15) is 9.59 Å². The lowest BCUT2D eigenvalue weighted by atomic mass is 9.77. The van der Waals surface area contributed by atoms with Crippen molar-refractivity contribution in [3.05, 3.63) is 29.8 Å². The van der Waals surface area contributed by atoms with Gasteiger partial charge in [0.2, 0.25) is 0 Å². The van der Waals surface area contributed by atoms with E-state index in [4.69, 9.17) is 4.74 Å². The number of ether oxygens (including phenoxy) is 1. The van der Waals surface area contributed by atoms with Crippen LogP contribution in [-0.4, -0.2) is 18.7 Å². The molecule has 0 amide bonds. The molecule has 0 radical (unpaired) electrons. The average molecular weight is 260 g/mol. The van der Waals surface area contributed by atoms with Crippen LogP contribution in [0.1, 0.15) is 44.6 Å². The second-order valence-electron chi connectivity index (χ2n) is 5.11. The summed E-state index contributed by atoms with van der Waals surface area (Å²) in [5.74, 6) is 0.673. The molecule has 1 aliphatic rings. The number of carbonyl (C=O) groups excluding carboxylic acids is 2. The molecule has 0 bridgehead atoms. The van der Waals surface area contributed by atoms with E-state index in [1.807, 2.05) is 38.1 Å². The van der Waals surface area contributed by atoms with E-state index in [2.05, 4.69) is 0 Å². The molecule has 1 aromatic carbocycles. The molecule has 1 saturated carbocycles. The van der Waals surface area contributed by atoms with E-state index >= 15 is 0 Å². The Hall–Kier alpha value is -1.64. The number of methoxy groups -OCH3 is 1. The molecule has 0 saturated heterocycles. The number of hydrogen-bond donors (Lipinski definition) is 0. The van der Waals surface area contributed by atoms with Crippen molar-refractivity contribution in [1.29, 1.82) is 0 Å². The van der Waals surface area contributed by atoms with Crippen molar-refractivity contribution < 1.29 is 14.3 Å². The first-order chi connectivity index (χ1) is 9.08. The molecule has 3 nitrogen and oxygen atoms in total. The zero-order chi connectivity index (χ0) is 14.0. The lowest BCUT2D eigenvalue weighted by Crippen LogP contribution is -2.32. The van der Waals surface area contributed by atoms with Gasteiger partial charge in [-0.05, 0) is 30.5 Å². The van der Waals surface area contributed by atoms with Crippen molar-refractivity contribution >= 4 is 11.6 Å². The SMILES string of the molecule is CCC1(CC)C(=O)C[C@H](c2ccc(OC)cc2)C1=O. The summed E-state index contributed by atoms with van der Waals surface area (Å²) in [5, 5.41) is 0. The van der Waals surface area contributed by atoms with Gasteiger partial charge in [0.05, 0.1) is 18.4 Å². The third-order valence-corrected chi connectivity index (χ3v) is 4.44. The van der Waals surface area contributed by atoms with E-state index in [1.54, 1.807) is 7.11 Å². The molecule has 0 spiro atoms. The molecule has 0 aromatic heterocycles. The number of Topliss-reactive ketones (excluding diaryl/α,β-unsaturated/α-hetero) is 2. The van der Waals surface area contributed by atoms with Gasteiger partial charge in [-0.1, -0.05) is 26.0 Å². The van der Waals surface area contributed by atoms with Gasteiger partial charge in [-0.25, -0.2) is 0 Å². The van der Waals surface area contributed by atoms with Crippen LogP contribution >= 0.6 is 0 Å². The van der Waals surface area contributed by atoms with E-state index < -0.39 is 5.41 Å². The Kier molecular flexibility index (Phi) is 3.74. The zero-order valence-electron chi connectivity index (χ0n) is 11.7. The van der Waals surface area contributed by atoms with Gasteiger partial charge in [0.25, 0.3) is 0 Å². The van der Waals surface area contributed by atoms with Crippen LogP contribution in [0.2, 0.25) is 0 Å². The zero-order valence-corrected chi connectivity index (χ0v) is 11.7. The molecule has 0 heterocycles. The second kappa shape index (κ2) is 5.16. The Balaban J connectivity index is 2.32. The lowest BCUT2D eigenvalue weighted by molar-refractivity contribution is -0.135. The molecule has 19 heavy (non-hydrogen) atoms. The van der Waals surface area contributed by atoms with E-state index in [0.29, 0.717) is 19.3 Å². The maximum Gasteiger partial charge on any atom is 0.154 e. The summed E-state index contributed by atoms with van der Waals surface area (Å²) in [4.78, 5) is 24.8. The molecule has 0 aliphatic heterocycles. The summed E-state index contributed by atoms with van der Waals surface area (Å²) < 4.78 is 5.11. The van der Waals surface area contributed by atoms with Crippen LogP contribution in [0.15, 0.2) is 24.3 Å². The fourth-order valence-corrected chi connectivity index (χ4v) is 3.04. The number of rotatable bonds is 4. The van der Waals surface area contributed by atoms with Gasteiger partial charge in [0.1, 0.15) is 11.5 Å². The second-order valence-corrected chi connectivity index (χ2v) is 5.11. The molecule has 1 atom stereocenters. The predicted molar refractivity (Wildman–Crippen MR) is 73.4 cm³/mol. The highest BCUT2D eigenvalue weighted by atomic mass is 16.5. The predicted octanol–water partition coefficient (Wildman–Crippen LogP) is 3.13. The van der Waals surface area contributed by atoms with Crippen molar-refractivity contribution in [3.63, 3.8) is 0 Å². The molecular formula is C16H20O3. The molecule has 1 aromatic rings. The van der Waals surface area contributed by atoms with Crippen LogP contribution in [0.3, 0.4) is 0 Å². The molecule has 3 heteroatoms. The van der Waals surface area contributed by atoms with Gasteiger partial charge in [-0.3, -0.25) is 9.59 Å². The summed E-state index contributed by atoms with van der Waals surface area (Å²) in [6.45, 7) is 3.85. The van der Waals surface area contributed by atoms with Gasteiger partial charge < -0.3 is 4.74 Å². The molecule has 102 valence electrons. The van der Waals surface area contributed by atoms with Crippen LogP contribution in [0.5, 0.6) is 5.75 Å². The molecule has 2 rings (SSSR count). The fraction of sp³-hybridized carbons (Fsp3) is 0.500. The van der Waals surface area contributed by atoms with Gasteiger partial charge in [-0.15, -0.1) is 0 Å². The van der Waals surface area contributed by atoms with E-state index in [-0.39, 0.29) is 17.5 Å². The quantitative estimate of drug-likeness (QED) is 0.781. The topological polar surface area (TPSA) is 43.4 Å². The fourth-order valence-electron chi connectivity index (χ4n) is 3.04. The largest absolute Gasteiger partial charge is 0.497 e. The highest BCUT2D eigenvalue weighted by molar-refractivity contribution is 6.16. The summed E-state index contributed by atoms with van der Waals surface area (Å²) in [6, 6.07) is 7.45. The number of benzene rings is 1. The first-order valence-corrected chi connectivity index (χ1v) is 6.80. The van der Waals surface area contributed by atoms with Crippen LogP contribution in [-0.2, 0) is 9.59 Å². The Morgan fingerprint density at radius 1 is 1.16 bits per heavy atom. The molecule has 0 N–H and O–H groups in total. The standard InChI is InChI=1S/C16H20O3/c1-4-16(5-2)14(17)10-13(15(16)18)11-6-8-12(19-3)9-7-11/h6-9,13H,4-5,10H2,1-3H3/t13-/m1/s1. The molecule has 1 fully saturated rings.